The van der Waals surface area contributed by atoms with E-state index in [1.54, 1.807) is 32.4 Å². The molecular weight excluding hydrogens is 390 g/mol. The topological polar surface area (TPSA) is 65.4 Å². The lowest BCUT2D eigenvalue weighted by Crippen LogP contribution is -2.12. The monoisotopic (exact) mass is 415 g/mol. The Kier molecular flexibility index (Phi) is 5.89. The molecule has 0 aliphatic heterocycles. The predicted molar refractivity (Wildman–Crippen MR) is 122 cm³/mol. The van der Waals surface area contributed by atoms with Gasteiger partial charge in [0.05, 0.1) is 25.3 Å². The van der Waals surface area contributed by atoms with E-state index in [1.807, 2.05) is 43.4 Å². The lowest BCUT2D eigenvalue weighted by atomic mass is 10.1. The van der Waals surface area contributed by atoms with Gasteiger partial charge < -0.3 is 19.4 Å². The summed E-state index contributed by atoms with van der Waals surface area (Å²) in [7, 11) is 5.16. The Labute approximate surface area is 181 Å². The minimum atomic E-state index is -0.201. The highest BCUT2D eigenvalue weighted by Crippen LogP contribution is 2.28. The van der Waals surface area contributed by atoms with Crippen LogP contribution in [-0.4, -0.2) is 29.7 Å². The molecule has 158 valence electrons. The molecule has 0 fully saturated rings. The number of para-hydroxylation sites is 2. The lowest BCUT2D eigenvalue weighted by molar-refractivity contribution is 0.102. The Bertz CT molecular complexity index is 1230. The van der Waals surface area contributed by atoms with Crippen molar-refractivity contribution in [2.24, 2.45) is 7.05 Å². The highest BCUT2D eigenvalue weighted by atomic mass is 16.5. The first-order valence-electron chi connectivity index (χ1n) is 10.1. The van der Waals surface area contributed by atoms with Crippen molar-refractivity contribution in [3.05, 3.63) is 83.7 Å². The number of benzene rings is 3. The van der Waals surface area contributed by atoms with E-state index in [4.69, 9.17) is 14.5 Å². The van der Waals surface area contributed by atoms with Gasteiger partial charge in [-0.05, 0) is 54.4 Å². The molecule has 1 heterocycles. The number of carbonyl (C=O) groups excluding carboxylic acids is 1. The minimum absolute atomic E-state index is 0.201. The number of nitrogens with one attached hydrogen (secondary N) is 1. The summed E-state index contributed by atoms with van der Waals surface area (Å²) in [4.78, 5) is 17.4. The molecule has 0 spiro atoms. The molecule has 0 aliphatic rings. The van der Waals surface area contributed by atoms with E-state index in [9.17, 15) is 4.79 Å². The molecule has 1 N–H and O–H groups in total. The second-order valence-electron chi connectivity index (χ2n) is 7.30. The van der Waals surface area contributed by atoms with Crippen LogP contribution in [0.2, 0.25) is 0 Å². The number of hydrogen-bond acceptors (Lipinski definition) is 4. The number of rotatable bonds is 7. The summed E-state index contributed by atoms with van der Waals surface area (Å²) >= 11 is 0. The molecule has 31 heavy (non-hydrogen) atoms. The van der Waals surface area contributed by atoms with E-state index < -0.39 is 0 Å². The van der Waals surface area contributed by atoms with Crippen molar-refractivity contribution in [2.75, 3.05) is 19.5 Å². The molecule has 0 unspecified atom stereocenters. The third kappa shape index (κ3) is 4.38. The molecule has 0 saturated carbocycles. The maximum Gasteiger partial charge on any atom is 0.255 e. The van der Waals surface area contributed by atoms with Crippen LogP contribution in [0.3, 0.4) is 0 Å². The number of ether oxygens (including phenoxy) is 2. The van der Waals surface area contributed by atoms with Crippen molar-refractivity contribution in [3.63, 3.8) is 0 Å². The molecule has 4 rings (SSSR count). The van der Waals surface area contributed by atoms with Crippen LogP contribution in [0.5, 0.6) is 11.5 Å². The normalized spacial score (nSPS) is 10.8. The first-order chi connectivity index (χ1) is 15.1. The van der Waals surface area contributed by atoms with Gasteiger partial charge in [0.15, 0.2) is 11.5 Å². The molecule has 0 bridgehead atoms. The van der Waals surface area contributed by atoms with Gasteiger partial charge in [-0.2, -0.15) is 0 Å². The van der Waals surface area contributed by atoms with E-state index in [1.165, 1.54) is 0 Å². The second kappa shape index (κ2) is 8.92. The smallest absolute Gasteiger partial charge is 0.255 e. The number of aryl methyl sites for hydroxylation is 3. The first-order valence-corrected chi connectivity index (χ1v) is 10.1. The Hall–Kier alpha value is -3.80. The van der Waals surface area contributed by atoms with Gasteiger partial charge in [0, 0.05) is 24.7 Å². The van der Waals surface area contributed by atoms with Crippen LogP contribution in [-0.2, 0) is 19.9 Å². The number of nitrogens with zero attached hydrogens (tertiary/aromatic N) is 2. The van der Waals surface area contributed by atoms with Crippen molar-refractivity contribution < 1.29 is 14.3 Å². The molecule has 1 aromatic heterocycles. The number of hydrogen-bond donors (Lipinski definition) is 1. The van der Waals surface area contributed by atoms with Crippen molar-refractivity contribution in [2.45, 2.75) is 12.8 Å². The van der Waals surface area contributed by atoms with Crippen molar-refractivity contribution >= 4 is 22.6 Å². The number of amides is 1. The molecule has 1 amide bonds. The summed E-state index contributed by atoms with van der Waals surface area (Å²) in [6, 6.07) is 21.2. The summed E-state index contributed by atoms with van der Waals surface area (Å²) in [6.07, 6.45) is 1.65. The molecule has 0 atom stereocenters. The first kappa shape index (κ1) is 20.5. The van der Waals surface area contributed by atoms with Gasteiger partial charge in [-0.3, -0.25) is 4.79 Å². The zero-order valence-corrected chi connectivity index (χ0v) is 17.9. The second-order valence-corrected chi connectivity index (χ2v) is 7.30. The molecule has 0 radical (unpaired) electrons. The van der Waals surface area contributed by atoms with Crippen LogP contribution in [0.4, 0.5) is 5.69 Å². The standard InChI is InChI=1S/C25H25N3O3/c1-28-21-10-5-4-9-20(21)27-24(28)14-11-17-7-6-8-19(15-17)26-25(29)18-12-13-22(30-2)23(16-18)31-3/h4-10,12-13,15-16H,11,14H2,1-3H3,(H,26,29). The molecule has 0 saturated heterocycles. The number of carbonyl (C=O) groups is 1. The quantitative estimate of drug-likeness (QED) is 0.478. The zero-order chi connectivity index (χ0) is 21.8. The fourth-order valence-corrected chi connectivity index (χ4v) is 3.66. The molecule has 3 aromatic carbocycles. The van der Waals surface area contributed by atoms with E-state index >= 15 is 0 Å². The zero-order valence-electron chi connectivity index (χ0n) is 17.9. The van der Waals surface area contributed by atoms with Gasteiger partial charge in [0.1, 0.15) is 5.82 Å². The average Bonchev–Trinajstić information content (AvgIpc) is 3.13. The van der Waals surface area contributed by atoms with Crippen molar-refractivity contribution in [3.8, 4) is 11.5 Å². The summed E-state index contributed by atoms with van der Waals surface area (Å²) < 4.78 is 12.7. The third-order valence-corrected chi connectivity index (χ3v) is 5.35. The van der Waals surface area contributed by atoms with Crippen LogP contribution >= 0.6 is 0 Å². The average molecular weight is 415 g/mol. The van der Waals surface area contributed by atoms with Gasteiger partial charge in [-0.15, -0.1) is 0 Å². The van der Waals surface area contributed by atoms with Crippen molar-refractivity contribution in [1.82, 2.24) is 9.55 Å². The maximum atomic E-state index is 12.7. The summed E-state index contributed by atoms with van der Waals surface area (Å²) in [5.74, 6) is 1.95. The van der Waals surface area contributed by atoms with E-state index in [0.717, 1.165) is 41.0 Å². The van der Waals surface area contributed by atoms with Gasteiger partial charge >= 0.3 is 0 Å². The van der Waals surface area contributed by atoms with Gasteiger partial charge in [-0.25, -0.2) is 4.98 Å². The highest BCUT2D eigenvalue weighted by Gasteiger charge is 2.12. The van der Waals surface area contributed by atoms with E-state index in [2.05, 4.69) is 22.0 Å². The third-order valence-electron chi connectivity index (χ3n) is 5.35. The van der Waals surface area contributed by atoms with E-state index in [-0.39, 0.29) is 5.91 Å². The van der Waals surface area contributed by atoms with Crippen LogP contribution < -0.4 is 14.8 Å². The van der Waals surface area contributed by atoms with E-state index in [0.29, 0.717) is 17.1 Å². The number of methoxy groups -OCH3 is 2. The van der Waals surface area contributed by atoms with Gasteiger partial charge in [0.2, 0.25) is 0 Å². The molecule has 6 heteroatoms. The Morgan fingerprint density at radius 3 is 2.52 bits per heavy atom. The summed E-state index contributed by atoms with van der Waals surface area (Å²) in [6.45, 7) is 0. The SMILES string of the molecule is COc1ccc(C(=O)Nc2cccc(CCc3nc4ccccc4n3C)c2)cc1OC. The Morgan fingerprint density at radius 1 is 0.935 bits per heavy atom. The molecular formula is C25H25N3O3. The summed E-state index contributed by atoms with van der Waals surface area (Å²) in [5, 5.41) is 2.96. The van der Waals surface area contributed by atoms with Crippen LogP contribution in [0.15, 0.2) is 66.7 Å². The fraction of sp³-hybridized carbons (Fsp3) is 0.200. The largest absolute Gasteiger partial charge is 0.493 e. The minimum Gasteiger partial charge on any atom is -0.493 e. The predicted octanol–water partition coefficient (Wildman–Crippen LogP) is 4.63. The fourth-order valence-electron chi connectivity index (χ4n) is 3.66. The van der Waals surface area contributed by atoms with Crippen molar-refractivity contribution in [1.29, 1.82) is 0 Å². The van der Waals surface area contributed by atoms with Crippen LogP contribution in [0.1, 0.15) is 21.7 Å². The Morgan fingerprint density at radius 2 is 1.74 bits per heavy atom. The molecule has 4 aromatic rings. The van der Waals surface area contributed by atoms with Crippen LogP contribution in [0, 0.1) is 0 Å². The van der Waals surface area contributed by atoms with Gasteiger partial charge in [-0.1, -0.05) is 24.3 Å². The summed E-state index contributed by atoms with van der Waals surface area (Å²) in [5.41, 5.74) is 4.53. The van der Waals surface area contributed by atoms with Gasteiger partial charge in [0.25, 0.3) is 5.91 Å². The number of aromatic nitrogens is 2. The maximum absolute atomic E-state index is 12.7. The number of fused-ring (bicyclic) bond motifs is 1. The van der Waals surface area contributed by atoms with Crippen LogP contribution in [0.25, 0.3) is 11.0 Å². The highest BCUT2D eigenvalue weighted by molar-refractivity contribution is 6.04. The Balaban J connectivity index is 1.45. The lowest BCUT2D eigenvalue weighted by Gasteiger charge is -2.11. The number of imidazole rings is 1. The molecule has 6 nitrogen and oxygen atoms in total. The number of anilines is 1. The molecule has 0 aliphatic carbocycles.